The van der Waals surface area contributed by atoms with Crippen molar-refractivity contribution in [1.82, 2.24) is 0 Å². The maximum absolute atomic E-state index is 12.1. The minimum atomic E-state index is -2.29. The van der Waals surface area contributed by atoms with E-state index in [4.69, 9.17) is 45.2 Å². The minimum Gasteiger partial charge on any atom is -0.408 e. The maximum Gasteiger partial charge on any atom is 0.805 e. The molecule has 16 rings (SSSR count). The van der Waals surface area contributed by atoms with Crippen LogP contribution >= 0.6 is 50.4 Å². The van der Waals surface area contributed by atoms with Crippen molar-refractivity contribution in [1.29, 1.82) is 0 Å². The molecule has 4 atom stereocenters. The van der Waals surface area contributed by atoms with Crippen LogP contribution in [0.4, 0.5) is 0 Å². The van der Waals surface area contributed by atoms with Crippen molar-refractivity contribution >= 4 is 50.4 Å². The summed E-state index contributed by atoms with van der Waals surface area (Å²) < 4.78 is 121. The molecule has 0 saturated heterocycles. The third-order valence-corrected chi connectivity index (χ3v) is 19.9. The van der Waals surface area contributed by atoms with E-state index in [-0.39, 0.29) is 17.4 Å². The van der Waals surface area contributed by atoms with Gasteiger partial charge in [0.15, 0.2) is 46.0 Å². The van der Waals surface area contributed by atoms with Gasteiger partial charge in [0.25, 0.3) is 0 Å². The van der Waals surface area contributed by atoms with Crippen LogP contribution in [-0.4, -0.2) is 0 Å². The molecular formula is C96H74O16P6+4. The molecule has 22 heteroatoms. The summed E-state index contributed by atoms with van der Waals surface area (Å²) >= 11 is 0. The lowest BCUT2D eigenvalue weighted by Crippen LogP contribution is -1.91. The van der Waals surface area contributed by atoms with Gasteiger partial charge in [0.1, 0.15) is 11.5 Å². The van der Waals surface area contributed by atoms with Crippen LogP contribution in [0.15, 0.2) is 449 Å². The summed E-state index contributed by atoms with van der Waals surface area (Å²) in [4.78, 5) is 0. The van der Waals surface area contributed by atoms with E-state index < -0.39 is 33.0 Å². The fourth-order valence-corrected chi connectivity index (χ4v) is 14.0. The summed E-state index contributed by atoms with van der Waals surface area (Å²) in [7, 11) is -9.73. The lowest BCUT2D eigenvalue weighted by atomic mass is 10.1. The molecule has 0 heterocycles. The van der Waals surface area contributed by atoms with E-state index in [2.05, 4.69) is 0 Å². The van der Waals surface area contributed by atoms with Crippen molar-refractivity contribution in [2.24, 2.45) is 0 Å². The molecule has 4 unspecified atom stereocenters. The zero-order valence-corrected chi connectivity index (χ0v) is 68.3. The lowest BCUT2D eigenvalue weighted by Gasteiger charge is -2.05. The average Bonchev–Trinajstić information content (AvgIpc) is 0.873. The maximum atomic E-state index is 12.1. The van der Waals surface area contributed by atoms with Gasteiger partial charge in [-0.2, -0.15) is 0 Å². The third kappa shape index (κ3) is 28.6. The fourth-order valence-electron chi connectivity index (χ4n) is 11.0. The van der Waals surface area contributed by atoms with E-state index in [1.54, 1.807) is 103 Å². The fraction of sp³-hybridized carbons (Fsp3) is 0. The molecule has 0 bridgehead atoms. The molecule has 0 spiro atoms. The van der Waals surface area contributed by atoms with Gasteiger partial charge in [-0.15, -0.1) is 0 Å². The van der Waals surface area contributed by atoms with E-state index in [9.17, 15) is 27.4 Å². The Balaban J connectivity index is 0.000000140. The van der Waals surface area contributed by atoms with Gasteiger partial charge in [0, 0.05) is 35.0 Å². The van der Waals surface area contributed by atoms with Crippen molar-refractivity contribution < 1.29 is 72.6 Å². The van der Waals surface area contributed by atoms with E-state index in [0.717, 1.165) is 66.8 Å². The predicted octanol–water partition coefficient (Wildman–Crippen LogP) is 29.8. The van der Waals surface area contributed by atoms with Crippen LogP contribution in [0.1, 0.15) is 0 Å². The highest BCUT2D eigenvalue weighted by molar-refractivity contribution is 7.35. The molecule has 0 aliphatic carbocycles. The van der Waals surface area contributed by atoms with Crippen LogP contribution < -0.4 is 45.2 Å². The van der Waals surface area contributed by atoms with Crippen molar-refractivity contribution in [3.05, 3.63) is 449 Å². The van der Waals surface area contributed by atoms with Crippen LogP contribution in [-0.2, 0) is 27.4 Å². The van der Waals surface area contributed by atoms with Crippen molar-refractivity contribution in [2.45, 2.75) is 0 Å². The summed E-state index contributed by atoms with van der Waals surface area (Å²) in [6, 6.07) is 140. The molecule has 16 nitrogen and oxygen atoms in total. The first kappa shape index (κ1) is 85.0. The third-order valence-electron chi connectivity index (χ3n) is 16.5. The molecule has 0 aromatic heterocycles. The number of para-hydroxylation sites is 7. The average molecular weight is 1670 g/mol. The molecule has 0 aliphatic rings. The van der Waals surface area contributed by atoms with Crippen molar-refractivity contribution in [3.63, 3.8) is 0 Å². The molecular weight excluding hydrogens is 1590 g/mol. The van der Waals surface area contributed by atoms with Crippen LogP contribution in [0.5, 0.6) is 57.5 Å². The Kier molecular flexibility index (Phi) is 34.4. The Morgan fingerprint density at radius 3 is 0.585 bits per heavy atom. The van der Waals surface area contributed by atoms with E-state index >= 15 is 0 Å². The van der Waals surface area contributed by atoms with Gasteiger partial charge >= 0.3 is 50.4 Å². The quantitative estimate of drug-likeness (QED) is 0.0464. The molecule has 0 saturated carbocycles. The first-order chi connectivity index (χ1) is 58.1. The Hall–Kier alpha value is -13.9. The molecule has 118 heavy (non-hydrogen) atoms. The first-order valence-corrected chi connectivity index (χ1v) is 42.4. The van der Waals surface area contributed by atoms with E-state index in [1.807, 2.05) is 346 Å². The predicted molar refractivity (Wildman–Crippen MR) is 469 cm³/mol. The molecule has 0 amide bonds. The zero-order valence-electron chi connectivity index (χ0n) is 62.9. The summed E-state index contributed by atoms with van der Waals surface area (Å²) in [5.74, 6) is 5.38. The summed E-state index contributed by atoms with van der Waals surface area (Å²) in [5.41, 5.74) is 12.4. The lowest BCUT2D eigenvalue weighted by molar-refractivity contribution is 0.414. The van der Waals surface area contributed by atoms with Gasteiger partial charge in [0.2, 0.25) is 0 Å². The second-order valence-electron chi connectivity index (χ2n) is 24.5. The smallest absolute Gasteiger partial charge is 0.408 e. The summed E-state index contributed by atoms with van der Waals surface area (Å²) in [5, 5.41) is 0. The number of hydrogen-bond acceptors (Lipinski definition) is 16. The van der Waals surface area contributed by atoms with Crippen molar-refractivity contribution in [3.8, 4) is 124 Å². The molecule has 580 valence electrons. The first-order valence-electron chi connectivity index (χ1n) is 36.5. The monoisotopic (exact) mass is 1670 g/mol. The SMILES string of the molecule is O=POc1ccc(-c2ccccc2)cc1.O=POc1ccccc1-c1ccccc1.O=[P+](Oc1ccccc1)Oc1ccc(-c2ccccc2)cc1.O=[P+](Oc1ccccc1)Oc1ccc(-c2ccccc2)cc1.O=[P+](Oc1ccccc1)Oc1ccccc1-c1ccccc1.O=[P+](Oc1ccccc1)Oc1ccccc1-c1ccccc1. The van der Waals surface area contributed by atoms with Gasteiger partial charge in [-0.25, -0.2) is 45.3 Å². The minimum absolute atomic E-state index is 0.323. The Morgan fingerprint density at radius 1 is 0.153 bits per heavy atom. The van der Waals surface area contributed by atoms with Crippen LogP contribution in [0.3, 0.4) is 0 Å². The van der Waals surface area contributed by atoms with E-state index in [0.29, 0.717) is 57.5 Å². The largest absolute Gasteiger partial charge is 0.805 e. The van der Waals surface area contributed by atoms with Crippen molar-refractivity contribution in [2.75, 3.05) is 0 Å². The highest BCUT2D eigenvalue weighted by Gasteiger charge is 2.29. The standard InChI is InChI=1S/4C18H14O3P.2C12H9O2P/c2*19-22(20-16-11-5-2-6-12-16)21-18-14-8-7-13-17(18)15-9-3-1-4-10-15;2*19-22(20-17-9-5-2-6-10-17)21-18-13-11-16(12-14-18)15-7-3-1-4-8-15;13-15-14-12-9-5-4-8-11(12)10-6-2-1-3-7-10;13-15-14-12-8-6-11(7-9-12)10-4-2-1-3-5-10/h4*1-14H;2*1-9H/q4*+1;;. The number of hydrogen-bond donors (Lipinski definition) is 0. The van der Waals surface area contributed by atoms with Gasteiger partial charge in [0.05, 0.1) is 0 Å². The van der Waals surface area contributed by atoms with Crippen LogP contribution in [0.25, 0.3) is 66.8 Å². The van der Waals surface area contributed by atoms with Gasteiger partial charge < -0.3 is 9.05 Å². The van der Waals surface area contributed by atoms with Crippen LogP contribution in [0, 0.1) is 0 Å². The highest BCUT2D eigenvalue weighted by atomic mass is 31.1. The topological polar surface area (TPSA) is 195 Å². The summed E-state index contributed by atoms with van der Waals surface area (Å²) in [6.07, 6.45) is 0. The number of rotatable bonds is 26. The Morgan fingerprint density at radius 2 is 0.331 bits per heavy atom. The molecule has 0 radical (unpaired) electrons. The second kappa shape index (κ2) is 47.7. The summed E-state index contributed by atoms with van der Waals surface area (Å²) in [6.45, 7) is 0. The molecule has 0 fully saturated rings. The molecule has 0 aliphatic heterocycles. The zero-order chi connectivity index (χ0) is 81.8. The normalized spacial score (nSPS) is 10.6. The Labute approximate surface area is 691 Å². The Bertz CT molecular complexity index is 5450. The van der Waals surface area contributed by atoms with Gasteiger partial charge in [-0.3, -0.25) is 0 Å². The number of benzene rings is 16. The van der Waals surface area contributed by atoms with Gasteiger partial charge in [-0.05, 0) is 153 Å². The second-order valence-corrected chi connectivity index (χ2v) is 28.4. The molecule has 16 aromatic rings. The van der Waals surface area contributed by atoms with E-state index in [1.165, 1.54) is 0 Å². The molecule has 16 aromatic carbocycles. The van der Waals surface area contributed by atoms with Gasteiger partial charge in [-0.1, -0.05) is 346 Å². The highest BCUT2D eigenvalue weighted by Crippen LogP contribution is 2.41. The molecule has 0 N–H and O–H groups in total. The van der Waals surface area contributed by atoms with Crippen LogP contribution in [0.2, 0.25) is 0 Å².